The lowest BCUT2D eigenvalue weighted by Crippen LogP contribution is -2.35. The lowest BCUT2D eigenvalue weighted by Gasteiger charge is -2.31. The van der Waals surface area contributed by atoms with Crippen LogP contribution in [0.3, 0.4) is 0 Å². The number of benzene rings is 1. The van der Waals surface area contributed by atoms with Gasteiger partial charge in [0.2, 0.25) is 5.91 Å². The molecule has 0 aliphatic heterocycles. The van der Waals surface area contributed by atoms with Crippen molar-refractivity contribution >= 4 is 17.3 Å². The van der Waals surface area contributed by atoms with Gasteiger partial charge in [0.25, 0.3) is 5.69 Å². The van der Waals surface area contributed by atoms with Crippen LogP contribution in [0, 0.1) is 22.0 Å². The molecule has 0 spiro atoms. The van der Waals surface area contributed by atoms with E-state index in [-0.39, 0.29) is 18.0 Å². The van der Waals surface area contributed by atoms with Crippen LogP contribution in [0.1, 0.15) is 18.4 Å². The molecule has 0 aromatic heterocycles. The molecule has 2 unspecified atom stereocenters. The van der Waals surface area contributed by atoms with Crippen molar-refractivity contribution in [3.63, 3.8) is 0 Å². The highest BCUT2D eigenvalue weighted by atomic mass is 16.6. The summed E-state index contributed by atoms with van der Waals surface area (Å²) in [5.74, 6) is 0.880. The number of carbonyl (C=O) groups excluding carboxylic acids is 1. The highest BCUT2D eigenvalue weighted by Crippen LogP contribution is 2.40. The summed E-state index contributed by atoms with van der Waals surface area (Å²) in [5.41, 5.74) is 4.38. The Morgan fingerprint density at radius 3 is 2.81 bits per heavy atom. The SMILES string of the molecule is O=C(Cc1ccc([N+](=O)[O-])cc1)NN=C1CC2C=CCC12. The molecule has 2 aliphatic carbocycles. The fraction of sp³-hybridized carbons (Fsp3) is 0.333. The number of nitro benzene ring substituents is 1. The van der Waals surface area contributed by atoms with Crippen LogP contribution in [0.15, 0.2) is 41.5 Å². The van der Waals surface area contributed by atoms with E-state index in [2.05, 4.69) is 22.7 Å². The zero-order chi connectivity index (χ0) is 14.8. The maximum absolute atomic E-state index is 11.8. The molecule has 1 saturated carbocycles. The minimum absolute atomic E-state index is 0.0219. The van der Waals surface area contributed by atoms with Gasteiger partial charge in [-0.1, -0.05) is 24.3 Å². The van der Waals surface area contributed by atoms with Gasteiger partial charge in [0.1, 0.15) is 0 Å². The first-order valence-electron chi connectivity index (χ1n) is 6.89. The van der Waals surface area contributed by atoms with Crippen LogP contribution in [0.5, 0.6) is 0 Å². The van der Waals surface area contributed by atoms with Gasteiger partial charge in [-0.2, -0.15) is 5.10 Å². The predicted octanol–water partition coefficient (Wildman–Crippen LogP) is 2.21. The number of nitro groups is 1. The van der Waals surface area contributed by atoms with E-state index in [9.17, 15) is 14.9 Å². The van der Waals surface area contributed by atoms with Crippen molar-refractivity contribution in [3.8, 4) is 0 Å². The molecule has 1 fully saturated rings. The van der Waals surface area contributed by atoms with Crippen LogP contribution in [-0.4, -0.2) is 16.5 Å². The van der Waals surface area contributed by atoms with Crippen LogP contribution >= 0.6 is 0 Å². The molecule has 1 aromatic carbocycles. The Morgan fingerprint density at radius 2 is 2.14 bits per heavy atom. The van der Waals surface area contributed by atoms with Gasteiger partial charge in [-0.15, -0.1) is 0 Å². The molecular weight excluding hydrogens is 270 g/mol. The number of non-ortho nitro benzene ring substituents is 1. The minimum atomic E-state index is -0.460. The molecule has 0 heterocycles. The molecule has 108 valence electrons. The molecule has 6 nitrogen and oxygen atoms in total. The van der Waals surface area contributed by atoms with E-state index < -0.39 is 4.92 Å². The first-order chi connectivity index (χ1) is 10.1. The van der Waals surface area contributed by atoms with Crippen molar-refractivity contribution in [2.45, 2.75) is 19.3 Å². The summed E-state index contributed by atoms with van der Waals surface area (Å²) < 4.78 is 0. The summed E-state index contributed by atoms with van der Waals surface area (Å²) in [7, 11) is 0. The number of hydrazone groups is 1. The van der Waals surface area contributed by atoms with Gasteiger partial charge in [-0.25, -0.2) is 5.43 Å². The number of nitrogens with one attached hydrogen (secondary N) is 1. The van der Waals surface area contributed by atoms with Gasteiger partial charge in [-0.05, 0) is 24.3 Å². The highest BCUT2D eigenvalue weighted by molar-refractivity contribution is 5.95. The Labute approximate surface area is 121 Å². The van der Waals surface area contributed by atoms with Crippen molar-refractivity contribution < 1.29 is 9.72 Å². The zero-order valence-corrected chi connectivity index (χ0v) is 11.4. The van der Waals surface area contributed by atoms with Crippen LogP contribution in [-0.2, 0) is 11.2 Å². The largest absolute Gasteiger partial charge is 0.273 e. The first-order valence-corrected chi connectivity index (χ1v) is 6.89. The molecule has 1 amide bonds. The summed E-state index contributed by atoms with van der Waals surface area (Å²) in [6, 6.07) is 5.97. The normalized spacial score (nSPS) is 24.5. The average Bonchev–Trinajstić information content (AvgIpc) is 2.81. The Balaban J connectivity index is 1.52. The van der Waals surface area contributed by atoms with E-state index in [1.54, 1.807) is 12.1 Å². The van der Waals surface area contributed by atoms with Crippen LogP contribution < -0.4 is 5.43 Å². The molecule has 21 heavy (non-hydrogen) atoms. The molecule has 2 aliphatic rings. The molecule has 0 bridgehead atoms. The summed E-state index contributed by atoms with van der Waals surface area (Å²) >= 11 is 0. The fourth-order valence-corrected chi connectivity index (χ4v) is 2.76. The summed E-state index contributed by atoms with van der Waals surface area (Å²) in [5, 5.41) is 14.7. The van der Waals surface area contributed by atoms with E-state index in [1.807, 2.05) is 0 Å². The second-order valence-electron chi connectivity index (χ2n) is 5.38. The molecule has 2 atom stereocenters. The highest BCUT2D eigenvalue weighted by Gasteiger charge is 2.37. The predicted molar refractivity (Wildman–Crippen MR) is 77.7 cm³/mol. The maximum atomic E-state index is 11.8. The maximum Gasteiger partial charge on any atom is 0.269 e. The minimum Gasteiger partial charge on any atom is -0.273 e. The Kier molecular flexibility index (Phi) is 3.51. The first kappa shape index (κ1) is 13.5. The van der Waals surface area contributed by atoms with Crippen LogP contribution in [0.2, 0.25) is 0 Å². The number of nitrogens with zero attached hydrogens (tertiary/aromatic N) is 2. The van der Waals surface area contributed by atoms with E-state index in [1.165, 1.54) is 12.1 Å². The number of rotatable bonds is 4. The van der Waals surface area contributed by atoms with E-state index in [0.717, 1.165) is 24.1 Å². The lowest BCUT2D eigenvalue weighted by atomic mass is 9.74. The smallest absolute Gasteiger partial charge is 0.269 e. The second-order valence-corrected chi connectivity index (χ2v) is 5.38. The number of hydrogen-bond acceptors (Lipinski definition) is 4. The van der Waals surface area contributed by atoms with E-state index in [0.29, 0.717) is 11.8 Å². The number of fused-ring (bicyclic) bond motifs is 1. The van der Waals surface area contributed by atoms with Gasteiger partial charge in [0, 0.05) is 23.8 Å². The number of hydrogen-bond donors (Lipinski definition) is 1. The summed E-state index contributed by atoms with van der Waals surface area (Å²) in [4.78, 5) is 21.9. The topological polar surface area (TPSA) is 84.6 Å². The van der Waals surface area contributed by atoms with Gasteiger partial charge in [0.15, 0.2) is 0 Å². The number of amides is 1. The second kappa shape index (κ2) is 5.47. The van der Waals surface area contributed by atoms with E-state index in [4.69, 9.17) is 0 Å². The average molecular weight is 285 g/mol. The third-order valence-electron chi connectivity index (χ3n) is 4.00. The number of carbonyl (C=O) groups is 1. The quantitative estimate of drug-likeness (QED) is 0.523. The Morgan fingerprint density at radius 1 is 1.38 bits per heavy atom. The third kappa shape index (κ3) is 2.84. The van der Waals surface area contributed by atoms with Crippen LogP contribution in [0.25, 0.3) is 0 Å². The van der Waals surface area contributed by atoms with Gasteiger partial charge in [-0.3, -0.25) is 14.9 Å². The standard InChI is InChI=1S/C15H15N3O3/c19-15(8-10-4-6-12(7-5-10)18(20)21)17-16-14-9-11-2-1-3-13(11)14/h1-2,4-7,11,13H,3,8-9H2,(H,17,19). The lowest BCUT2D eigenvalue weighted by molar-refractivity contribution is -0.384. The van der Waals surface area contributed by atoms with Crippen molar-refractivity contribution in [1.29, 1.82) is 0 Å². The molecule has 1 N–H and O–H groups in total. The van der Waals surface area contributed by atoms with Gasteiger partial charge >= 0.3 is 0 Å². The number of allylic oxidation sites excluding steroid dienone is 2. The van der Waals surface area contributed by atoms with Crippen molar-refractivity contribution in [2.24, 2.45) is 16.9 Å². The molecule has 0 radical (unpaired) electrons. The van der Waals surface area contributed by atoms with Crippen molar-refractivity contribution in [1.82, 2.24) is 5.43 Å². The van der Waals surface area contributed by atoms with Crippen molar-refractivity contribution in [2.75, 3.05) is 0 Å². The molecular formula is C15H15N3O3. The van der Waals surface area contributed by atoms with Gasteiger partial charge < -0.3 is 0 Å². The summed E-state index contributed by atoms with van der Waals surface area (Å²) in [6.45, 7) is 0. The van der Waals surface area contributed by atoms with Gasteiger partial charge in [0.05, 0.1) is 11.3 Å². The summed E-state index contributed by atoms with van der Waals surface area (Å²) in [6.07, 6.45) is 6.49. The zero-order valence-electron chi connectivity index (χ0n) is 11.4. The Bertz CT molecular complexity index is 634. The van der Waals surface area contributed by atoms with E-state index >= 15 is 0 Å². The third-order valence-corrected chi connectivity index (χ3v) is 4.00. The molecule has 6 heteroatoms. The molecule has 3 rings (SSSR count). The Hall–Kier alpha value is -2.50. The molecule has 1 aromatic rings. The molecule has 0 saturated heterocycles. The fourth-order valence-electron chi connectivity index (χ4n) is 2.76. The van der Waals surface area contributed by atoms with Crippen LogP contribution in [0.4, 0.5) is 5.69 Å². The monoisotopic (exact) mass is 285 g/mol. The van der Waals surface area contributed by atoms with Crippen molar-refractivity contribution in [3.05, 3.63) is 52.1 Å².